The van der Waals surface area contributed by atoms with Crippen molar-refractivity contribution in [2.24, 2.45) is 0 Å². The number of ether oxygens (including phenoxy) is 1. The van der Waals surface area contributed by atoms with Crippen LogP contribution in [0.25, 0.3) is 11.3 Å². The normalized spacial score (nSPS) is 10.4. The molecule has 2 aromatic carbocycles. The number of carbonyl (C=O) groups is 2. The van der Waals surface area contributed by atoms with Crippen LogP contribution in [0.15, 0.2) is 60.8 Å². The van der Waals surface area contributed by atoms with Gasteiger partial charge in [-0.3, -0.25) is 9.78 Å². The van der Waals surface area contributed by atoms with Crippen molar-refractivity contribution in [2.75, 3.05) is 12.3 Å². The molecule has 6 heteroatoms. The molecule has 3 rings (SSSR count). The highest BCUT2D eigenvalue weighted by molar-refractivity contribution is 6.16. The SMILES string of the molecule is CCOC(=O)c1c(-c2ccccc2)ncc(C(=O)c2ccccc2O)c1N. The number of nitrogen functional groups attached to an aromatic ring is 1. The molecular formula is C21H18N2O4. The van der Waals surface area contributed by atoms with Gasteiger partial charge in [-0.1, -0.05) is 42.5 Å². The summed E-state index contributed by atoms with van der Waals surface area (Å²) < 4.78 is 5.12. The maximum Gasteiger partial charge on any atom is 0.342 e. The van der Waals surface area contributed by atoms with Crippen molar-refractivity contribution < 1.29 is 19.4 Å². The Bertz CT molecular complexity index is 1000. The predicted octanol–water partition coefficient (Wildman–Crippen LogP) is 3.44. The van der Waals surface area contributed by atoms with Gasteiger partial charge in [-0.25, -0.2) is 4.79 Å². The highest BCUT2D eigenvalue weighted by Crippen LogP contribution is 2.31. The molecule has 136 valence electrons. The number of phenols is 1. The Hall–Kier alpha value is -3.67. The van der Waals surface area contributed by atoms with Crippen LogP contribution in [-0.2, 0) is 4.74 Å². The molecule has 0 bridgehead atoms. The largest absolute Gasteiger partial charge is 0.507 e. The number of aromatic nitrogens is 1. The Morgan fingerprint density at radius 2 is 1.70 bits per heavy atom. The molecule has 0 fully saturated rings. The average Bonchev–Trinajstić information content (AvgIpc) is 2.68. The highest BCUT2D eigenvalue weighted by atomic mass is 16.5. The number of phenolic OH excluding ortho intramolecular Hbond substituents is 1. The summed E-state index contributed by atoms with van der Waals surface area (Å²) in [5, 5.41) is 9.95. The van der Waals surface area contributed by atoms with E-state index in [1.165, 1.54) is 18.3 Å². The second kappa shape index (κ2) is 7.70. The lowest BCUT2D eigenvalue weighted by atomic mass is 9.97. The summed E-state index contributed by atoms with van der Waals surface area (Å²) in [6.45, 7) is 1.84. The van der Waals surface area contributed by atoms with E-state index in [0.717, 1.165) is 0 Å². The zero-order valence-electron chi connectivity index (χ0n) is 14.7. The molecule has 0 unspecified atom stereocenters. The van der Waals surface area contributed by atoms with E-state index in [1.54, 1.807) is 31.2 Å². The molecule has 0 aliphatic rings. The molecule has 0 radical (unpaired) electrons. The summed E-state index contributed by atoms with van der Waals surface area (Å²) >= 11 is 0. The third kappa shape index (κ3) is 3.50. The molecule has 0 spiro atoms. The summed E-state index contributed by atoms with van der Waals surface area (Å²) in [5.41, 5.74) is 7.31. The maximum atomic E-state index is 12.8. The van der Waals surface area contributed by atoms with Crippen molar-refractivity contribution in [3.05, 3.63) is 77.5 Å². The number of hydrogen-bond donors (Lipinski definition) is 2. The fourth-order valence-electron chi connectivity index (χ4n) is 2.74. The van der Waals surface area contributed by atoms with Gasteiger partial charge in [0.1, 0.15) is 11.3 Å². The maximum absolute atomic E-state index is 12.8. The van der Waals surface area contributed by atoms with E-state index in [9.17, 15) is 14.7 Å². The first kappa shape index (κ1) is 18.1. The van der Waals surface area contributed by atoms with E-state index in [4.69, 9.17) is 10.5 Å². The van der Waals surface area contributed by atoms with Crippen LogP contribution in [0.4, 0.5) is 5.69 Å². The minimum atomic E-state index is -0.659. The molecule has 1 heterocycles. The lowest BCUT2D eigenvalue weighted by molar-refractivity contribution is 0.0528. The third-order valence-electron chi connectivity index (χ3n) is 4.04. The number of aromatic hydroxyl groups is 1. The smallest absolute Gasteiger partial charge is 0.342 e. The van der Waals surface area contributed by atoms with Gasteiger partial charge in [0, 0.05) is 11.8 Å². The van der Waals surface area contributed by atoms with Crippen LogP contribution in [0.2, 0.25) is 0 Å². The average molecular weight is 362 g/mol. The zero-order chi connectivity index (χ0) is 19.4. The van der Waals surface area contributed by atoms with Gasteiger partial charge in [0.25, 0.3) is 0 Å². The molecule has 3 aromatic rings. The minimum Gasteiger partial charge on any atom is -0.507 e. The van der Waals surface area contributed by atoms with Gasteiger partial charge < -0.3 is 15.6 Å². The number of nitrogens with two attached hydrogens (primary N) is 1. The standard InChI is InChI=1S/C21H18N2O4/c1-2-27-21(26)17-18(22)15(20(25)14-10-6-7-11-16(14)24)12-23-19(17)13-8-4-3-5-9-13/h3-12,24H,2H2,1H3,(H2,22,23). The monoisotopic (exact) mass is 362 g/mol. The van der Waals surface area contributed by atoms with Gasteiger partial charge in [0.2, 0.25) is 0 Å². The number of pyridine rings is 1. The molecule has 27 heavy (non-hydrogen) atoms. The summed E-state index contributed by atoms with van der Waals surface area (Å²) in [4.78, 5) is 29.7. The second-order valence-corrected chi connectivity index (χ2v) is 5.74. The molecule has 0 saturated heterocycles. The summed E-state index contributed by atoms with van der Waals surface area (Å²) in [6, 6.07) is 15.1. The number of benzene rings is 2. The number of anilines is 1. The molecule has 1 aromatic heterocycles. The lowest BCUT2D eigenvalue weighted by Gasteiger charge is -2.14. The first-order valence-electron chi connectivity index (χ1n) is 8.38. The van der Waals surface area contributed by atoms with Crippen LogP contribution >= 0.6 is 0 Å². The van der Waals surface area contributed by atoms with Crippen LogP contribution in [0.3, 0.4) is 0 Å². The number of hydrogen-bond acceptors (Lipinski definition) is 6. The Kier molecular flexibility index (Phi) is 5.17. The molecule has 3 N–H and O–H groups in total. The van der Waals surface area contributed by atoms with Crippen molar-refractivity contribution >= 4 is 17.4 Å². The molecule has 0 atom stereocenters. The number of esters is 1. The fraction of sp³-hybridized carbons (Fsp3) is 0.0952. The summed E-state index contributed by atoms with van der Waals surface area (Å²) in [6.07, 6.45) is 1.31. The van der Waals surface area contributed by atoms with Crippen molar-refractivity contribution in [1.29, 1.82) is 0 Å². The van der Waals surface area contributed by atoms with Crippen LogP contribution in [0.1, 0.15) is 33.2 Å². The van der Waals surface area contributed by atoms with E-state index in [0.29, 0.717) is 11.3 Å². The lowest BCUT2D eigenvalue weighted by Crippen LogP contribution is -2.15. The van der Waals surface area contributed by atoms with Crippen LogP contribution in [0, 0.1) is 0 Å². The molecule has 0 amide bonds. The number of carbonyl (C=O) groups excluding carboxylic acids is 2. The van der Waals surface area contributed by atoms with Crippen LogP contribution in [-0.4, -0.2) is 28.4 Å². The Morgan fingerprint density at radius 1 is 1.04 bits per heavy atom. The first-order chi connectivity index (χ1) is 13.0. The van der Waals surface area contributed by atoms with Crippen LogP contribution in [0.5, 0.6) is 5.75 Å². The Labute approximate surface area is 156 Å². The van der Waals surface area contributed by atoms with E-state index in [-0.39, 0.29) is 34.7 Å². The van der Waals surface area contributed by atoms with E-state index < -0.39 is 11.8 Å². The van der Waals surface area contributed by atoms with Gasteiger partial charge in [-0.05, 0) is 19.1 Å². The van der Waals surface area contributed by atoms with Gasteiger partial charge >= 0.3 is 5.97 Å². The topological polar surface area (TPSA) is 103 Å². The molecule has 0 aliphatic carbocycles. The molecule has 0 aliphatic heterocycles. The van der Waals surface area contributed by atoms with Gasteiger partial charge in [0.15, 0.2) is 5.78 Å². The quantitative estimate of drug-likeness (QED) is 0.532. The van der Waals surface area contributed by atoms with Gasteiger partial charge in [-0.2, -0.15) is 0 Å². The summed E-state index contributed by atoms with van der Waals surface area (Å²) in [7, 11) is 0. The number of rotatable bonds is 5. The minimum absolute atomic E-state index is 0.0271. The van der Waals surface area contributed by atoms with E-state index >= 15 is 0 Å². The Morgan fingerprint density at radius 3 is 2.37 bits per heavy atom. The highest BCUT2D eigenvalue weighted by Gasteiger charge is 2.25. The third-order valence-corrected chi connectivity index (χ3v) is 4.04. The van der Waals surface area contributed by atoms with Gasteiger partial charge in [-0.15, -0.1) is 0 Å². The first-order valence-corrected chi connectivity index (χ1v) is 8.38. The molecule has 6 nitrogen and oxygen atoms in total. The Balaban J connectivity index is 2.18. The van der Waals surface area contributed by atoms with E-state index in [1.807, 2.05) is 18.2 Å². The van der Waals surface area contributed by atoms with Crippen molar-refractivity contribution in [3.8, 4) is 17.0 Å². The second-order valence-electron chi connectivity index (χ2n) is 5.74. The predicted molar refractivity (Wildman–Crippen MR) is 102 cm³/mol. The van der Waals surface area contributed by atoms with E-state index in [2.05, 4.69) is 4.98 Å². The number of nitrogens with zero attached hydrogens (tertiary/aromatic N) is 1. The van der Waals surface area contributed by atoms with Crippen molar-refractivity contribution in [2.45, 2.75) is 6.92 Å². The zero-order valence-corrected chi connectivity index (χ0v) is 14.7. The van der Waals surface area contributed by atoms with Crippen molar-refractivity contribution in [1.82, 2.24) is 4.98 Å². The molecular weight excluding hydrogens is 344 g/mol. The fourth-order valence-corrected chi connectivity index (χ4v) is 2.74. The summed E-state index contributed by atoms with van der Waals surface area (Å²) in [5.74, 6) is -1.36. The van der Waals surface area contributed by atoms with Crippen molar-refractivity contribution in [3.63, 3.8) is 0 Å². The van der Waals surface area contributed by atoms with Gasteiger partial charge in [0.05, 0.1) is 29.1 Å². The number of para-hydroxylation sites is 1. The van der Waals surface area contributed by atoms with Crippen LogP contribution < -0.4 is 5.73 Å². The number of ketones is 1. The molecule has 0 saturated carbocycles.